The van der Waals surface area contributed by atoms with Gasteiger partial charge in [0, 0.05) is 43.3 Å². The van der Waals surface area contributed by atoms with Gasteiger partial charge in [0.05, 0.1) is 23.5 Å². The molecule has 1 aromatic carbocycles. The molecule has 0 bridgehead atoms. The summed E-state index contributed by atoms with van der Waals surface area (Å²) in [7, 11) is -2.14. The van der Waals surface area contributed by atoms with E-state index in [-0.39, 0.29) is 37.6 Å². The lowest BCUT2D eigenvalue weighted by Crippen LogP contribution is -2.67. The Bertz CT molecular complexity index is 2230. The van der Waals surface area contributed by atoms with E-state index < -0.39 is 85.6 Å². The van der Waals surface area contributed by atoms with E-state index in [1.54, 1.807) is 32.2 Å². The standard InChI is InChI=1S/C43H58F2N6O9S/c1-8-26-21-25(2)11-9-10-12-27-23-43(27,38(54)48-61(57,58)41(5)16-17-41)47-35(52)32-22-28(24-50(32)37(53)33(26)51(39(55)56)40(3,4)42(6,44)45)60-36-30-13-14-31-34(29(30)15-18-46-36)59-20-19-49(31)7/h10,12-15,18,25-28,32-33H,8-9,11,16-17,19-24H2,1-7H3,(H,47,52)(H,48,54)(H,55,56)/b12-10-/t25-,26-,27-,28-,32+,33+,43-/m1/s1. The van der Waals surface area contributed by atoms with Gasteiger partial charge in [-0.05, 0) is 89.3 Å². The quantitative estimate of drug-likeness (QED) is 0.271. The van der Waals surface area contributed by atoms with E-state index in [4.69, 9.17) is 9.47 Å². The van der Waals surface area contributed by atoms with Gasteiger partial charge in [-0.25, -0.2) is 27.0 Å². The Labute approximate surface area is 355 Å². The number of nitrogens with one attached hydrogen (secondary N) is 2. The lowest BCUT2D eigenvalue weighted by molar-refractivity contribution is -0.157. The van der Waals surface area contributed by atoms with Gasteiger partial charge in [-0.15, -0.1) is 0 Å². The first-order valence-corrected chi connectivity index (χ1v) is 22.7. The molecule has 15 nitrogen and oxygen atoms in total. The average Bonchev–Trinajstić information content (AvgIpc) is 4.07. The molecule has 7 atom stereocenters. The van der Waals surface area contributed by atoms with Crippen molar-refractivity contribution in [3.63, 3.8) is 0 Å². The first-order valence-electron chi connectivity index (χ1n) is 21.2. The maximum atomic E-state index is 15.5. The third-order valence-corrected chi connectivity index (χ3v) is 16.1. The number of fused-ring (bicyclic) bond motifs is 5. The SMILES string of the molecule is CC[C@@H]1C[C@H](C)CC/C=C\[C@@H]2C[C@@]2(C(=O)NS(=O)(=O)C2(C)CC2)NC(=O)[C@@H]2C[C@@H](Oc3nccc4c5c(ccc34)N(C)CCO5)CN2C(=O)[C@H]1N(C(=O)O)C(C)(C)C(C)(F)F. The van der Waals surface area contributed by atoms with Crippen LogP contribution in [0.1, 0.15) is 92.9 Å². The van der Waals surface area contributed by atoms with Crippen LogP contribution in [0.25, 0.3) is 10.8 Å². The van der Waals surface area contributed by atoms with Crippen molar-refractivity contribution in [2.24, 2.45) is 17.8 Å². The Balaban J connectivity index is 1.30. The number of halogens is 2. The molecule has 2 aromatic rings. The highest BCUT2D eigenvalue weighted by atomic mass is 32.2. The summed E-state index contributed by atoms with van der Waals surface area (Å²) in [6.07, 6.45) is 4.99. The summed E-state index contributed by atoms with van der Waals surface area (Å²) in [6.45, 7) is 8.97. The number of aromatic nitrogens is 1. The first kappa shape index (κ1) is 44.3. The van der Waals surface area contributed by atoms with Crippen molar-refractivity contribution < 1.29 is 51.0 Å². The Morgan fingerprint density at radius 2 is 1.87 bits per heavy atom. The number of nitrogens with zero attached hydrogens (tertiary/aromatic N) is 4. The topological polar surface area (TPSA) is 188 Å². The van der Waals surface area contributed by atoms with E-state index in [1.165, 1.54) is 4.90 Å². The van der Waals surface area contributed by atoms with Crippen LogP contribution in [0.3, 0.4) is 0 Å². The zero-order valence-electron chi connectivity index (χ0n) is 35.9. The third-order valence-electron chi connectivity index (χ3n) is 13.9. The number of rotatable bonds is 9. The van der Waals surface area contributed by atoms with Crippen LogP contribution < -0.4 is 24.4 Å². The van der Waals surface area contributed by atoms with Crippen LogP contribution in [0.5, 0.6) is 11.6 Å². The molecule has 3 aliphatic heterocycles. The minimum Gasteiger partial charge on any atom is -0.489 e. The number of carbonyl (C=O) groups is 4. The van der Waals surface area contributed by atoms with Gasteiger partial charge in [-0.3, -0.25) is 24.0 Å². The third kappa shape index (κ3) is 8.08. The van der Waals surface area contributed by atoms with E-state index in [0.29, 0.717) is 68.2 Å². The summed E-state index contributed by atoms with van der Waals surface area (Å²) in [5, 5.41) is 14.9. The largest absolute Gasteiger partial charge is 0.489 e. The number of hydrogen-bond donors (Lipinski definition) is 3. The summed E-state index contributed by atoms with van der Waals surface area (Å²) >= 11 is 0. The van der Waals surface area contributed by atoms with Crippen LogP contribution in [0.4, 0.5) is 19.3 Å². The smallest absolute Gasteiger partial charge is 0.408 e. The summed E-state index contributed by atoms with van der Waals surface area (Å²) in [5.41, 5.74) is -3.16. The molecular weight excluding hydrogens is 815 g/mol. The molecule has 0 radical (unpaired) electrons. The number of benzene rings is 1. The van der Waals surface area contributed by atoms with Crippen molar-refractivity contribution in [3.05, 3.63) is 36.5 Å². The van der Waals surface area contributed by atoms with E-state index in [2.05, 4.69) is 19.9 Å². The number of anilines is 1. The summed E-state index contributed by atoms with van der Waals surface area (Å²) in [6, 6.07) is 2.50. The molecular formula is C43H58F2N6O9S. The van der Waals surface area contributed by atoms with Gasteiger partial charge in [-0.1, -0.05) is 32.4 Å². The van der Waals surface area contributed by atoms with Crippen molar-refractivity contribution in [2.45, 2.75) is 133 Å². The van der Waals surface area contributed by atoms with Gasteiger partial charge >= 0.3 is 6.09 Å². The summed E-state index contributed by atoms with van der Waals surface area (Å²) < 4.78 is 71.3. The van der Waals surface area contributed by atoms with E-state index in [1.807, 2.05) is 32.2 Å². The average molecular weight is 873 g/mol. The normalized spacial score (nSPS) is 29.7. The molecule has 0 spiro atoms. The van der Waals surface area contributed by atoms with Crippen LogP contribution in [0.15, 0.2) is 36.5 Å². The number of likely N-dealkylation sites (N-methyl/N-ethyl adjacent to an activating group) is 1. The summed E-state index contributed by atoms with van der Waals surface area (Å²) in [5.74, 6) is -6.70. The molecule has 0 unspecified atom stereocenters. The molecule has 3 N–H and O–H groups in total. The molecule has 4 heterocycles. The lowest BCUT2D eigenvalue weighted by Gasteiger charge is -2.47. The molecule has 5 aliphatic rings. The van der Waals surface area contributed by atoms with Gasteiger partial charge in [0.2, 0.25) is 27.7 Å². The summed E-state index contributed by atoms with van der Waals surface area (Å²) in [4.78, 5) is 65.7. The van der Waals surface area contributed by atoms with E-state index >= 15 is 13.6 Å². The van der Waals surface area contributed by atoms with E-state index in [9.17, 15) is 27.9 Å². The first-order chi connectivity index (χ1) is 28.5. The minimum atomic E-state index is -4.09. The zero-order chi connectivity index (χ0) is 44.4. The van der Waals surface area contributed by atoms with E-state index in [0.717, 1.165) is 24.9 Å². The van der Waals surface area contributed by atoms with Crippen molar-refractivity contribution in [3.8, 4) is 11.6 Å². The van der Waals surface area contributed by atoms with Crippen molar-refractivity contribution in [2.75, 3.05) is 31.6 Å². The maximum Gasteiger partial charge on any atom is 0.408 e. The molecule has 7 rings (SSSR count). The Morgan fingerprint density at radius 3 is 2.52 bits per heavy atom. The second kappa shape index (κ2) is 15.9. The van der Waals surface area contributed by atoms with Crippen molar-refractivity contribution in [1.29, 1.82) is 0 Å². The number of amides is 4. The van der Waals surface area contributed by atoms with Crippen LogP contribution >= 0.6 is 0 Å². The van der Waals surface area contributed by atoms with Gasteiger partial charge < -0.3 is 29.7 Å². The monoisotopic (exact) mass is 872 g/mol. The lowest BCUT2D eigenvalue weighted by atomic mass is 9.81. The number of carboxylic acid groups (broad SMARTS) is 1. The van der Waals surface area contributed by atoms with Crippen LogP contribution in [0.2, 0.25) is 0 Å². The van der Waals surface area contributed by atoms with Crippen molar-refractivity contribution in [1.82, 2.24) is 24.8 Å². The fourth-order valence-electron chi connectivity index (χ4n) is 9.14. The van der Waals surface area contributed by atoms with Crippen LogP contribution in [0, 0.1) is 17.8 Å². The molecule has 334 valence electrons. The van der Waals surface area contributed by atoms with Crippen molar-refractivity contribution >= 4 is 50.3 Å². The fourth-order valence-corrected chi connectivity index (χ4v) is 10.5. The molecule has 61 heavy (non-hydrogen) atoms. The second-order valence-corrected chi connectivity index (χ2v) is 20.8. The number of allylic oxidation sites excluding steroid dienone is 1. The number of ether oxygens (including phenoxy) is 2. The van der Waals surface area contributed by atoms with Gasteiger partial charge in [0.25, 0.3) is 11.8 Å². The minimum absolute atomic E-state index is 0.0928. The highest BCUT2D eigenvalue weighted by molar-refractivity contribution is 7.91. The highest BCUT2D eigenvalue weighted by Gasteiger charge is 2.63. The predicted molar refractivity (Wildman–Crippen MR) is 223 cm³/mol. The number of carbonyl (C=O) groups excluding carboxylic acids is 3. The second-order valence-electron chi connectivity index (χ2n) is 18.6. The maximum absolute atomic E-state index is 15.5. The molecule has 2 saturated carbocycles. The van der Waals surface area contributed by atoms with Gasteiger partial charge in [0.15, 0.2) is 5.75 Å². The molecule has 18 heteroatoms. The van der Waals surface area contributed by atoms with Gasteiger partial charge in [0.1, 0.15) is 35.9 Å². The molecule has 4 amide bonds. The molecule has 1 saturated heterocycles. The predicted octanol–water partition coefficient (Wildman–Crippen LogP) is 5.47. The molecule has 1 aromatic heterocycles. The Kier molecular flexibility index (Phi) is 11.5. The molecule has 3 fully saturated rings. The Hall–Kier alpha value is -4.74. The zero-order valence-corrected chi connectivity index (χ0v) is 36.7. The number of pyridine rings is 1. The van der Waals surface area contributed by atoms with Crippen LogP contribution in [-0.2, 0) is 24.4 Å². The molecule has 2 aliphatic carbocycles. The number of hydrogen-bond acceptors (Lipinski definition) is 10. The Morgan fingerprint density at radius 1 is 1.15 bits per heavy atom. The van der Waals surface area contributed by atoms with Crippen LogP contribution in [-0.4, -0.2) is 119 Å². The fraction of sp³-hybridized carbons (Fsp3) is 0.651. The van der Waals surface area contributed by atoms with Gasteiger partial charge in [-0.2, -0.15) is 0 Å². The number of alkyl halides is 2. The number of sulfonamides is 1. The highest BCUT2D eigenvalue weighted by Crippen LogP contribution is 2.48.